The van der Waals surface area contributed by atoms with Crippen LogP contribution in [0.15, 0.2) is 95.5 Å². The van der Waals surface area contributed by atoms with Crippen molar-refractivity contribution in [2.75, 3.05) is 7.11 Å². The molecule has 6 nitrogen and oxygen atoms in total. The largest absolute Gasteiger partial charge is 0.471 e. The van der Waals surface area contributed by atoms with E-state index in [2.05, 4.69) is 4.98 Å². The molecule has 35 heavy (non-hydrogen) atoms. The Hall–Kier alpha value is -4.32. The SMILES string of the molecule is COC(=O)C(CCc1nc(-c2ccccc2)oc1C)(Oc1ccc2[nH]ccc2c1)c1ccccc1. The van der Waals surface area contributed by atoms with E-state index in [1.807, 2.05) is 98.0 Å². The van der Waals surface area contributed by atoms with Gasteiger partial charge < -0.3 is 18.9 Å². The lowest BCUT2D eigenvalue weighted by Gasteiger charge is -2.32. The standard InChI is InChI=1S/C29H26N2O4/c1-20-25(31-27(34-20)21-9-5-3-6-10-21)15-17-29(28(32)33-2,23-11-7-4-8-12-23)35-24-13-14-26-22(19-24)16-18-30-26/h3-14,16,18-19,30H,15,17H2,1-2H3. The van der Waals surface area contributed by atoms with Gasteiger partial charge in [-0.05, 0) is 49.7 Å². The van der Waals surface area contributed by atoms with Crippen molar-refractivity contribution in [2.45, 2.75) is 25.4 Å². The Morgan fingerprint density at radius 3 is 2.49 bits per heavy atom. The summed E-state index contributed by atoms with van der Waals surface area (Å²) in [6.07, 6.45) is 2.64. The minimum atomic E-state index is -1.36. The van der Waals surface area contributed by atoms with Gasteiger partial charge in [0.15, 0.2) is 0 Å². The molecule has 0 saturated carbocycles. The first kappa shape index (κ1) is 22.5. The van der Waals surface area contributed by atoms with Gasteiger partial charge in [0.25, 0.3) is 0 Å². The molecular formula is C29H26N2O4. The molecule has 2 aromatic heterocycles. The van der Waals surface area contributed by atoms with Crippen molar-refractivity contribution in [1.29, 1.82) is 0 Å². The predicted molar refractivity (Wildman–Crippen MR) is 134 cm³/mol. The van der Waals surface area contributed by atoms with Crippen LogP contribution in [0.2, 0.25) is 0 Å². The fraction of sp³-hybridized carbons (Fsp3) is 0.172. The number of nitrogens with zero attached hydrogens (tertiary/aromatic N) is 1. The second kappa shape index (κ2) is 9.50. The molecular weight excluding hydrogens is 440 g/mol. The van der Waals surface area contributed by atoms with E-state index in [1.165, 1.54) is 7.11 Å². The van der Waals surface area contributed by atoms with E-state index in [4.69, 9.17) is 18.9 Å². The van der Waals surface area contributed by atoms with Crippen LogP contribution in [0.5, 0.6) is 5.75 Å². The zero-order valence-corrected chi connectivity index (χ0v) is 19.7. The van der Waals surface area contributed by atoms with Gasteiger partial charge in [-0.2, -0.15) is 0 Å². The van der Waals surface area contributed by atoms with E-state index < -0.39 is 11.6 Å². The summed E-state index contributed by atoms with van der Waals surface area (Å²) in [5.41, 5.74) is 2.02. The molecule has 0 aliphatic heterocycles. The number of hydrogen-bond donors (Lipinski definition) is 1. The smallest absolute Gasteiger partial charge is 0.355 e. The average molecular weight is 467 g/mol. The number of benzene rings is 3. The number of H-pyrrole nitrogens is 1. The van der Waals surface area contributed by atoms with Crippen LogP contribution in [0.4, 0.5) is 0 Å². The number of aromatic amines is 1. The molecule has 0 spiro atoms. The Balaban J connectivity index is 1.52. The van der Waals surface area contributed by atoms with Gasteiger partial charge in [-0.1, -0.05) is 48.5 Å². The highest BCUT2D eigenvalue weighted by molar-refractivity contribution is 5.83. The van der Waals surface area contributed by atoms with Gasteiger partial charge in [-0.25, -0.2) is 9.78 Å². The molecule has 0 aliphatic rings. The maximum Gasteiger partial charge on any atom is 0.355 e. The number of rotatable bonds is 8. The van der Waals surface area contributed by atoms with Crippen LogP contribution in [0.3, 0.4) is 0 Å². The summed E-state index contributed by atoms with van der Waals surface area (Å²) < 4.78 is 17.8. The van der Waals surface area contributed by atoms with E-state index >= 15 is 0 Å². The number of nitrogens with one attached hydrogen (secondary N) is 1. The minimum absolute atomic E-state index is 0.316. The van der Waals surface area contributed by atoms with E-state index in [1.54, 1.807) is 0 Å². The molecule has 5 aromatic rings. The van der Waals surface area contributed by atoms with Gasteiger partial charge in [0, 0.05) is 34.6 Å². The number of aryl methyl sites for hydroxylation is 2. The first-order valence-corrected chi connectivity index (χ1v) is 11.5. The van der Waals surface area contributed by atoms with Gasteiger partial charge in [0.05, 0.1) is 12.8 Å². The number of ether oxygens (including phenoxy) is 2. The number of esters is 1. The lowest BCUT2D eigenvalue weighted by Crippen LogP contribution is -2.43. The zero-order chi connectivity index (χ0) is 24.3. The average Bonchev–Trinajstić information content (AvgIpc) is 3.53. The molecule has 0 amide bonds. The van der Waals surface area contributed by atoms with Gasteiger partial charge in [-0.3, -0.25) is 0 Å². The van der Waals surface area contributed by atoms with Crippen molar-refractivity contribution in [3.05, 3.63) is 108 Å². The number of methoxy groups -OCH3 is 1. The van der Waals surface area contributed by atoms with Gasteiger partial charge >= 0.3 is 5.97 Å². The Bertz CT molecular complexity index is 1440. The van der Waals surface area contributed by atoms with Crippen molar-refractivity contribution in [2.24, 2.45) is 0 Å². The molecule has 1 unspecified atom stereocenters. The molecule has 3 aromatic carbocycles. The zero-order valence-electron chi connectivity index (χ0n) is 19.7. The number of carbonyl (C=O) groups excluding carboxylic acids is 1. The lowest BCUT2D eigenvalue weighted by molar-refractivity contribution is -0.161. The van der Waals surface area contributed by atoms with E-state index in [-0.39, 0.29) is 0 Å². The van der Waals surface area contributed by atoms with Crippen molar-refractivity contribution in [3.8, 4) is 17.2 Å². The highest BCUT2D eigenvalue weighted by Gasteiger charge is 2.44. The van der Waals surface area contributed by atoms with Crippen LogP contribution >= 0.6 is 0 Å². The number of carbonyl (C=O) groups is 1. The maximum atomic E-state index is 13.4. The molecule has 0 saturated heterocycles. The first-order chi connectivity index (χ1) is 17.1. The fourth-order valence-electron chi connectivity index (χ4n) is 4.34. The normalized spacial score (nSPS) is 12.9. The summed E-state index contributed by atoms with van der Waals surface area (Å²) in [5.74, 6) is 1.38. The summed E-state index contributed by atoms with van der Waals surface area (Å²) in [7, 11) is 1.38. The minimum Gasteiger partial charge on any atom is -0.471 e. The highest BCUT2D eigenvalue weighted by atomic mass is 16.6. The Labute approximate surface area is 203 Å². The third-order valence-electron chi connectivity index (χ3n) is 6.20. The van der Waals surface area contributed by atoms with E-state index in [0.717, 1.165) is 22.2 Å². The van der Waals surface area contributed by atoms with Crippen LogP contribution in [0, 0.1) is 6.92 Å². The number of aromatic nitrogens is 2. The molecule has 1 atom stereocenters. The Morgan fingerprint density at radius 1 is 1.00 bits per heavy atom. The highest BCUT2D eigenvalue weighted by Crippen LogP contribution is 2.36. The lowest BCUT2D eigenvalue weighted by atomic mass is 9.87. The second-order valence-electron chi connectivity index (χ2n) is 8.40. The monoisotopic (exact) mass is 466 g/mol. The molecule has 0 aliphatic carbocycles. The summed E-state index contributed by atoms with van der Waals surface area (Å²) in [5, 5.41) is 0.995. The van der Waals surface area contributed by atoms with Crippen LogP contribution in [0.1, 0.15) is 23.4 Å². The van der Waals surface area contributed by atoms with Crippen LogP contribution in [0.25, 0.3) is 22.4 Å². The van der Waals surface area contributed by atoms with E-state index in [0.29, 0.717) is 35.8 Å². The number of oxazole rings is 1. The summed E-state index contributed by atoms with van der Waals surface area (Å²) >= 11 is 0. The van der Waals surface area contributed by atoms with Crippen molar-refractivity contribution in [1.82, 2.24) is 9.97 Å². The molecule has 0 radical (unpaired) electrons. The summed E-state index contributed by atoms with van der Waals surface area (Å²) in [6, 6.07) is 26.9. The molecule has 5 rings (SSSR count). The van der Waals surface area contributed by atoms with Crippen molar-refractivity contribution in [3.63, 3.8) is 0 Å². The van der Waals surface area contributed by atoms with Gasteiger partial charge in [-0.15, -0.1) is 0 Å². The van der Waals surface area contributed by atoms with Crippen LogP contribution in [-0.2, 0) is 21.6 Å². The van der Waals surface area contributed by atoms with Gasteiger partial charge in [0.2, 0.25) is 11.5 Å². The molecule has 1 N–H and O–H groups in total. The number of fused-ring (bicyclic) bond motifs is 1. The molecule has 6 heteroatoms. The molecule has 2 heterocycles. The second-order valence-corrected chi connectivity index (χ2v) is 8.40. The third kappa shape index (κ3) is 4.43. The fourth-order valence-corrected chi connectivity index (χ4v) is 4.34. The third-order valence-corrected chi connectivity index (χ3v) is 6.20. The molecule has 0 bridgehead atoms. The van der Waals surface area contributed by atoms with Crippen molar-refractivity contribution >= 4 is 16.9 Å². The van der Waals surface area contributed by atoms with Crippen LogP contribution in [-0.4, -0.2) is 23.0 Å². The summed E-state index contributed by atoms with van der Waals surface area (Å²) in [6.45, 7) is 1.89. The molecule has 176 valence electrons. The summed E-state index contributed by atoms with van der Waals surface area (Å²) in [4.78, 5) is 21.3. The van der Waals surface area contributed by atoms with E-state index in [9.17, 15) is 4.79 Å². The Kier molecular flexibility index (Phi) is 6.10. The maximum absolute atomic E-state index is 13.4. The topological polar surface area (TPSA) is 77.3 Å². The molecule has 0 fully saturated rings. The predicted octanol–water partition coefficient (Wildman–Crippen LogP) is 6.21. The van der Waals surface area contributed by atoms with Gasteiger partial charge in [0.1, 0.15) is 11.5 Å². The Morgan fingerprint density at radius 2 is 1.74 bits per heavy atom. The van der Waals surface area contributed by atoms with Crippen LogP contribution < -0.4 is 4.74 Å². The number of hydrogen-bond acceptors (Lipinski definition) is 5. The first-order valence-electron chi connectivity index (χ1n) is 11.5. The van der Waals surface area contributed by atoms with Crippen molar-refractivity contribution < 1.29 is 18.7 Å². The quantitative estimate of drug-likeness (QED) is 0.275.